The molecule has 0 saturated carbocycles. The number of carbonyl (C=O) groups excluding carboxylic acids is 2. The summed E-state index contributed by atoms with van der Waals surface area (Å²) in [5.74, 6) is -2.82. The summed E-state index contributed by atoms with van der Waals surface area (Å²) in [7, 11) is -4.22. The molecule has 0 saturated heterocycles. The first-order valence-corrected chi connectivity index (χ1v) is 8.88. The van der Waals surface area contributed by atoms with E-state index in [1.165, 1.54) is 0 Å². The lowest BCUT2D eigenvalue weighted by Gasteiger charge is -2.12. The summed E-state index contributed by atoms with van der Waals surface area (Å²) in [6.07, 6.45) is 0. The molecular formula is C11H12Br2FN3O4S. The van der Waals surface area contributed by atoms with Crippen LogP contribution in [0.5, 0.6) is 0 Å². The number of carbonyl (C=O) groups is 2. The number of benzene rings is 1. The molecule has 122 valence electrons. The van der Waals surface area contributed by atoms with Gasteiger partial charge in [-0.2, -0.15) is 0 Å². The summed E-state index contributed by atoms with van der Waals surface area (Å²) in [4.78, 5) is 24.2. The molecular weight excluding hydrogens is 449 g/mol. The van der Waals surface area contributed by atoms with Crippen LogP contribution in [0.25, 0.3) is 0 Å². The van der Waals surface area contributed by atoms with Crippen LogP contribution in [-0.2, 0) is 19.6 Å². The first-order valence-electron chi connectivity index (χ1n) is 5.81. The maximum Gasteiger partial charge on any atom is 0.324 e. The average Bonchev–Trinajstić information content (AvgIpc) is 2.33. The second-order valence-corrected chi connectivity index (χ2v) is 7.71. The Morgan fingerprint density at radius 2 is 1.64 bits per heavy atom. The van der Waals surface area contributed by atoms with E-state index in [4.69, 9.17) is 0 Å². The molecule has 0 aliphatic heterocycles. The summed E-state index contributed by atoms with van der Waals surface area (Å²) in [6, 6.07) is 1.62. The standard InChI is InChI=1S/C11H12Br2FN3O4S/c1-5(2)15-10(18)11(19)16-17-22(20,21)9-7(12)3-6(14)4-8(9)13/h3-5,17H,1-2H3,(H,15,18)(H,16,19). The van der Waals surface area contributed by atoms with E-state index in [2.05, 4.69) is 37.2 Å². The Morgan fingerprint density at radius 1 is 1.14 bits per heavy atom. The van der Waals surface area contributed by atoms with Crippen LogP contribution in [-0.4, -0.2) is 26.3 Å². The van der Waals surface area contributed by atoms with Gasteiger partial charge >= 0.3 is 11.8 Å². The molecule has 7 nitrogen and oxygen atoms in total. The van der Waals surface area contributed by atoms with E-state index in [9.17, 15) is 22.4 Å². The van der Waals surface area contributed by atoms with E-state index in [1.807, 2.05) is 0 Å². The van der Waals surface area contributed by atoms with E-state index in [0.717, 1.165) is 12.1 Å². The number of hydrogen-bond acceptors (Lipinski definition) is 4. The number of sulfonamides is 1. The molecule has 0 spiro atoms. The van der Waals surface area contributed by atoms with Crippen molar-refractivity contribution in [2.75, 3.05) is 0 Å². The summed E-state index contributed by atoms with van der Waals surface area (Å²) < 4.78 is 37.2. The van der Waals surface area contributed by atoms with Crippen molar-refractivity contribution in [3.05, 3.63) is 26.9 Å². The molecule has 1 aromatic carbocycles. The first-order chi connectivity index (χ1) is 10.0. The minimum atomic E-state index is -4.22. The van der Waals surface area contributed by atoms with Crippen LogP contribution in [0.15, 0.2) is 26.0 Å². The van der Waals surface area contributed by atoms with Gasteiger partial charge in [0, 0.05) is 15.0 Å². The van der Waals surface area contributed by atoms with Crippen LogP contribution in [0, 0.1) is 5.82 Å². The van der Waals surface area contributed by atoms with E-state index in [0.29, 0.717) is 0 Å². The van der Waals surface area contributed by atoms with Gasteiger partial charge in [-0.15, -0.1) is 4.83 Å². The lowest BCUT2D eigenvalue weighted by Crippen LogP contribution is -2.49. The highest BCUT2D eigenvalue weighted by Crippen LogP contribution is 2.30. The molecule has 22 heavy (non-hydrogen) atoms. The fourth-order valence-corrected chi connectivity index (χ4v) is 4.70. The fraction of sp³-hybridized carbons (Fsp3) is 0.273. The van der Waals surface area contributed by atoms with Crippen molar-refractivity contribution in [2.24, 2.45) is 0 Å². The number of amides is 2. The SMILES string of the molecule is CC(C)NC(=O)C(=O)NNS(=O)(=O)c1c(Br)cc(F)cc1Br. The molecule has 11 heteroatoms. The van der Waals surface area contributed by atoms with Gasteiger partial charge in [0.15, 0.2) is 0 Å². The third kappa shape index (κ3) is 5.00. The zero-order chi connectivity index (χ0) is 17.1. The summed E-state index contributed by atoms with van der Waals surface area (Å²) in [6.45, 7) is 3.28. The third-order valence-electron chi connectivity index (χ3n) is 2.16. The van der Waals surface area contributed by atoms with Gasteiger partial charge in [-0.05, 0) is 57.8 Å². The fourth-order valence-electron chi connectivity index (χ4n) is 1.33. The Bertz CT molecular complexity index is 686. The molecule has 2 amide bonds. The van der Waals surface area contributed by atoms with E-state index >= 15 is 0 Å². The Morgan fingerprint density at radius 3 is 2.09 bits per heavy atom. The summed E-state index contributed by atoms with van der Waals surface area (Å²) in [5.41, 5.74) is 1.77. The molecule has 0 bridgehead atoms. The predicted octanol–water partition coefficient (Wildman–Crippen LogP) is 1.18. The molecule has 0 atom stereocenters. The molecule has 0 radical (unpaired) electrons. The van der Waals surface area contributed by atoms with E-state index in [1.54, 1.807) is 24.1 Å². The quantitative estimate of drug-likeness (QED) is 0.463. The molecule has 0 aromatic heterocycles. The Hall–Kier alpha value is -1.04. The molecule has 0 heterocycles. The van der Waals surface area contributed by atoms with Crippen LogP contribution >= 0.6 is 31.9 Å². The largest absolute Gasteiger partial charge is 0.346 e. The molecule has 0 fully saturated rings. The van der Waals surface area contributed by atoms with Gasteiger partial charge in [-0.1, -0.05) is 0 Å². The molecule has 0 unspecified atom stereocenters. The predicted molar refractivity (Wildman–Crippen MR) is 83.5 cm³/mol. The zero-order valence-corrected chi connectivity index (χ0v) is 15.4. The van der Waals surface area contributed by atoms with Crippen molar-refractivity contribution in [2.45, 2.75) is 24.8 Å². The Labute approximate surface area is 143 Å². The van der Waals surface area contributed by atoms with E-state index in [-0.39, 0.29) is 19.9 Å². The van der Waals surface area contributed by atoms with Crippen LogP contribution in [0.1, 0.15) is 13.8 Å². The highest BCUT2D eigenvalue weighted by atomic mass is 79.9. The van der Waals surface area contributed by atoms with Crippen molar-refractivity contribution in [1.29, 1.82) is 0 Å². The van der Waals surface area contributed by atoms with Gasteiger partial charge in [-0.25, -0.2) is 12.8 Å². The topological polar surface area (TPSA) is 104 Å². The van der Waals surface area contributed by atoms with Crippen molar-refractivity contribution in [3.8, 4) is 0 Å². The molecule has 3 N–H and O–H groups in total. The molecule has 0 aliphatic rings. The Balaban J connectivity index is 2.90. The number of halogens is 3. The number of rotatable bonds is 4. The zero-order valence-electron chi connectivity index (χ0n) is 11.4. The lowest BCUT2D eigenvalue weighted by atomic mass is 10.3. The average molecular weight is 461 g/mol. The van der Waals surface area contributed by atoms with Crippen LogP contribution < -0.4 is 15.6 Å². The molecule has 1 rings (SSSR count). The smallest absolute Gasteiger partial charge is 0.324 e. The van der Waals surface area contributed by atoms with Gasteiger partial charge in [-0.3, -0.25) is 15.0 Å². The van der Waals surface area contributed by atoms with Crippen molar-refractivity contribution >= 4 is 53.7 Å². The number of hydrogen-bond donors (Lipinski definition) is 3. The lowest BCUT2D eigenvalue weighted by molar-refractivity contribution is -0.139. The van der Waals surface area contributed by atoms with Crippen molar-refractivity contribution in [3.63, 3.8) is 0 Å². The summed E-state index contributed by atoms with van der Waals surface area (Å²) >= 11 is 5.84. The van der Waals surface area contributed by atoms with Crippen molar-refractivity contribution < 1.29 is 22.4 Å². The molecule has 1 aromatic rings. The van der Waals surface area contributed by atoms with Crippen LogP contribution in [0.3, 0.4) is 0 Å². The number of hydrazine groups is 1. The van der Waals surface area contributed by atoms with Gasteiger partial charge < -0.3 is 5.32 Å². The first kappa shape index (κ1) is 19.0. The highest BCUT2D eigenvalue weighted by molar-refractivity contribution is 9.11. The van der Waals surface area contributed by atoms with Gasteiger partial charge in [0.1, 0.15) is 10.7 Å². The number of nitrogens with one attached hydrogen (secondary N) is 3. The van der Waals surface area contributed by atoms with Crippen LogP contribution in [0.2, 0.25) is 0 Å². The van der Waals surface area contributed by atoms with Crippen molar-refractivity contribution in [1.82, 2.24) is 15.6 Å². The minimum absolute atomic E-state index is 0.0484. The normalized spacial score (nSPS) is 11.4. The van der Waals surface area contributed by atoms with Gasteiger partial charge in [0.25, 0.3) is 10.0 Å². The van der Waals surface area contributed by atoms with Gasteiger partial charge in [0.05, 0.1) is 0 Å². The maximum atomic E-state index is 13.1. The van der Waals surface area contributed by atoms with Crippen LogP contribution in [0.4, 0.5) is 4.39 Å². The van der Waals surface area contributed by atoms with E-state index < -0.39 is 27.7 Å². The molecule has 0 aliphatic carbocycles. The Kier molecular flexibility index (Phi) is 6.47. The maximum absolute atomic E-state index is 13.1. The third-order valence-corrected chi connectivity index (χ3v) is 5.28. The monoisotopic (exact) mass is 459 g/mol. The minimum Gasteiger partial charge on any atom is -0.346 e. The second kappa shape index (κ2) is 7.49. The van der Waals surface area contributed by atoms with Gasteiger partial charge in [0.2, 0.25) is 0 Å². The summed E-state index contributed by atoms with van der Waals surface area (Å²) in [5, 5.41) is 2.29. The highest BCUT2D eigenvalue weighted by Gasteiger charge is 2.24. The second-order valence-electron chi connectivity index (χ2n) is 4.39.